The molecule has 32 heavy (non-hydrogen) atoms. The Morgan fingerprint density at radius 1 is 1.25 bits per heavy atom. The van der Waals surface area contributed by atoms with Crippen LogP contribution in [-0.4, -0.2) is 45.2 Å². The summed E-state index contributed by atoms with van der Waals surface area (Å²) in [5.74, 6) is 1.60. The summed E-state index contributed by atoms with van der Waals surface area (Å²) in [6.45, 7) is 10.7. The number of nitrogens with one attached hydrogen (secondary N) is 1. The number of carbonyl (C=O) groups is 1. The Morgan fingerprint density at radius 2 is 2.06 bits per heavy atom. The number of benzene rings is 2. The Bertz CT molecular complexity index is 1000. The van der Waals surface area contributed by atoms with Gasteiger partial charge in [0.15, 0.2) is 5.78 Å². The minimum Gasteiger partial charge on any atom is -0.495 e. The van der Waals surface area contributed by atoms with Crippen LogP contribution in [0, 0.1) is 13.8 Å². The summed E-state index contributed by atoms with van der Waals surface area (Å²) in [7, 11) is 1.61. The van der Waals surface area contributed by atoms with Crippen molar-refractivity contribution in [2.75, 3.05) is 38.3 Å². The number of halogens is 1. The summed E-state index contributed by atoms with van der Waals surface area (Å²) >= 11 is 6.15. The van der Waals surface area contributed by atoms with E-state index in [9.17, 15) is 4.79 Å². The predicted molar refractivity (Wildman–Crippen MR) is 132 cm³/mol. The zero-order valence-corrected chi connectivity index (χ0v) is 19.7. The van der Waals surface area contributed by atoms with E-state index in [4.69, 9.17) is 21.1 Å². The highest BCUT2D eigenvalue weighted by Crippen LogP contribution is 2.30. The molecule has 0 aromatic heterocycles. The van der Waals surface area contributed by atoms with Crippen LogP contribution in [0.1, 0.15) is 23.1 Å². The van der Waals surface area contributed by atoms with E-state index in [1.807, 2.05) is 50.3 Å². The van der Waals surface area contributed by atoms with Crippen molar-refractivity contribution in [3.05, 3.63) is 70.8 Å². The van der Waals surface area contributed by atoms with Crippen LogP contribution in [0.4, 0.5) is 5.69 Å². The molecule has 6 heteroatoms. The first kappa shape index (κ1) is 23.9. The third-order valence-corrected chi connectivity index (χ3v) is 6.10. The van der Waals surface area contributed by atoms with E-state index in [2.05, 4.69) is 16.8 Å². The van der Waals surface area contributed by atoms with Crippen LogP contribution in [0.2, 0.25) is 5.02 Å². The number of methoxy groups -OCH3 is 1. The molecule has 1 fully saturated rings. The number of ether oxygens (including phenoxy) is 2. The Balaban J connectivity index is 1.61. The van der Waals surface area contributed by atoms with Gasteiger partial charge in [0.05, 0.1) is 12.1 Å². The molecule has 3 rings (SSSR count). The molecule has 1 saturated heterocycles. The molecule has 0 aliphatic carbocycles. The fourth-order valence-electron chi connectivity index (χ4n) is 3.84. The zero-order valence-electron chi connectivity index (χ0n) is 19.0. The molecule has 2 aromatic carbocycles. The Hall–Kier alpha value is -2.76. The molecule has 1 aliphatic rings. The van der Waals surface area contributed by atoms with Gasteiger partial charge in [-0.25, -0.2) is 0 Å². The molecule has 2 aromatic rings. The first-order chi connectivity index (χ1) is 15.4. The van der Waals surface area contributed by atoms with E-state index >= 15 is 0 Å². The lowest BCUT2D eigenvalue weighted by Crippen LogP contribution is -2.51. The van der Waals surface area contributed by atoms with Gasteiger partial charge in [-0.15, -0.1) is 0 Å². The molecular weight excluding hydrogens is 424 g/mol. The fraction of sp³-hybridized carbons (Fsp3) is 0.346. The normalized spacial score (nSPS) is 16.2. The molecule has 1 heterocycles. The van der Waals surface area contributed by atoms with Gasteiger partial charge in [0.1, 0.15) is 18.1 Å². The SMILES string of the molecule is C=CCOc1ccc(/C=C/C(=O)CC2CN(c3ccc(Cl)c(OC)c3)CCN2)c(C)c1C. The second-order valence-corrected chi connectivity index (χ2v) is 8.33. The van der Waals surface area contributed by atoms with E-state index in [1.165, 1.54) is 0 Å². The minimum atomic E-state index is 0.0834. The second kappa shape index (κ2) is 11.2. The maximum absolute atomic E-state index is 12.7. The van der Waals surface area contributed by atoms with Gasteiger partial charge in [0.25, 0.3) is 0 Å². The molecule has 0 spiro atoms. The topological polar surface area (TPSA) is 50.8 Å². The van der Waals surface area contributed by atoms with Crippen molar-refractivity contribution in [1.29, 1.82) is 0 Å². The Kier molecular flexibility index (Phi) is 8.37. The number of hydrogen-bond donors (Lipinski definition) is 1. The zero-order chi connectivity index (χ0) is 23.1. The summed E-state index contributed by atoms with van der Waals surface area (Å²) in [5, 5.41) is 4.05. The highest BCUT2D eigenvalue weighted by molar-refractivity contribution is 6.32. The molecule has 1 N–H and O–H groups in total. The highest BCUT2D eigenvalue weighted by Gasteiger charge is 2.22. The number of nitrogens with zero attached hydrogens (tertiary/aromatic N) is 1. The molecular formula is C26H31ClN2O3. The summed E-state index contributed by atoms with van der Waals surface area (Å²) in [6.07, 6.45) is 5.74. The van der Waals surface area contributed by atoms with Gasteiger partial charge in [0, 0.05) is 43.9 Å². The van der Waals surface area contributed by atoms with Crippen molar-refractivity contribution in [2.45, 2.75) is 26.3 Å². The summed E-state index contributed by atoms with van der Waals surface area (Å²) in [4.78, 5) is 14.9. The van der Waals surface area contributed by atoms with E-state index in [0.717, 1.165) is 47.8 Å². The van der Waals surface area contributed by atoms with Crippen LogP contribution in [-0.2, 0) is 4.79 Å². The van der Waals surface area contributed by atoms with Crippen LogP contribution in [0.3, 0.4) is 0 Å². The van der Waals surface area contributed by atoms with Crippen molar-refractivity contribution in [1.82, 2.24) is 5.32 Å². The molecule has 0 amide bonds. The summed E-state index contributed by atoms with van der Waals surface area (Å²) in [5.41, 5.74) is 4.25. The standard InChI is InChI=1S/C26H31ClN2O3/c1-5-14-32-25-11-7-20(18(2)19(25)3)6-9-23(30)15-21-17-29(13-12-28-21)22-8-10-24(27)26(16-22)31-4/h5-11,16,21,28H,1,12-15,17H2,2-4H3/b9-6+. The van der Waals surface area contributed by atoms with Gasteiger partial charge >= 0.3 is 0 Å². The third kappa shape index (κ3) is 5.93. The van der Waals surface area contributed by atoms with E-state index in [0.29, 0.717) is 23.8 Å². The minimum absolute atomic E-state index is 0.0834. The molecule has 0 saturated carbocycles. The van der Waals surface area contributed by atoms with Gasteiger partial charge in [-0.3, -0.25) is 4.79 Å². The fourth-order valence-corrected chi connectivity index (χ4v) is 4.03. The third-order valence-electron chi connectivity index (χ3n) is 5.79. The van der Waals surface area contributed by atoms with E-state index in [-0.39, 0.29) is 11.8 Å². The highest BCUT2D eigenvalue weighted by atomic mass is 35.5. The van der Waals surface area contributed by atoms with Gasteiger partial charge in [-0.1, -0.05) is 36.4 Å². The van der Waals surface area contributed by atoms with Gasteiger partial charge in [-0.05, 0) is 54.8 Å². The van der Waals surface area contributed by atoms with Crippen LogP contribution >= 0.6 is 11.6 Å². The molecule has 0 bridgehead atoms. The first-order valence-corrected chi connectivity index (χ1v) is 11.2. The van der Waals surface area contributed by atoms with E-state index in [1.54, 1.807) is 19.3 Å². The maximum Gasteiger partial charge on any atom is 0.157 e. The number of carbonyl (C=O) groups excluding carboxylic acids is 1. The van der Waals surface area contributed by atoms with Gasteiger partial charge in [-0.2, -0.15) is 0 Å². The molecule has 0 radical (unpaired) electrons. The average molecular weight is 455 g/mol. The van der Waals surface area contributed by atoms with Gasteiger partial charge in [0.2, 0.25) is 0 Å². The number of allylic oxidation sites excluding steroid dienone is 1. The number of hydrogen-bond acceptors (Lipinski definition) is 5. The lowest BCUT2D eigenvalue weighted by atomic mass is 10.0. The molecule has 1 unspecified atom stereocenters. The largest absolute Gasteiger partial charge is 0.495 e. The second-order valence-electron chi connectivity index (χ2n) is 7.92. The first-order valence-electron chi connectivity index (χ1n) is 10.8. The number of rotatable bonds is 9. The average Bonchev–Trinajstić information content (AvgIpc) is 2.80. The number of ketones is 1. The lowest BCUT2D eigenvalue weighted by Gasteiger charge is -2.35. The van der Waals surface area contributed by atoms with Gasteiger partial charge < -0.3 is 19.7 Å². The molecule has 1 atom stereocenters. The van der Waals surface area contributed by atoms with Crippen molar-refractivity contribution >= 4 is 29.1 Å². The summed E-state index contributed by atoms with van der Waals surface area (Å²) in [6, 6.07) is 9.79. The van der Waals surface area contributed by atoms with Crippen LogP contribution in [0.25, 0.3) is 6.08 Å². The number of piperazine rings is 1. The molecule has 170 valence electrons. The Labute approximate surface area is 195 Å². The van der Waals surface area contributed by atoms with Crippen LogP contribution < -0.4 is 19.7 Å². The predicted octanol–water partition coefficient (Wildman–Crippen LogP) is 4.98. The van der Waals surface area contributed by atoms with Crippen molar-refractivity contribution < 1.29 is 14.3 Å². The van der Waals surface area contributed by atoms with Crippen molar-refractivity contribution in [3.63, 3.8) is 0 Å². The van der Waals surface area contributed by atoms with E-state index < -0.39 is 0 Å². The smallest absolute Gasteiger partial charge is 0.157 e. The quantitative estimate of drug-likeness (QED) is 0.427. The lowest BCUT2D eigenvalue weighted by molar-refractivity contribution is -0.115. The molecule has 5 nitrogen and oxygen atoms in total. The Morgan fingerprint density at radius 3 is 2.81 bits per heavy atom. The molecule has 1 aliphatic heterocycles. The monoisotopic (exact) mass is 454 g/mol. The van der Waals surface area contributed by atoms with Crippen molar-refractivity contribution in [2.24, 2.45) is 0 Å². The van der Waals surface area contributed by atoms with Crippen LogP contribution in [0.15, 0.2) is 49.1 Å². The van der Waals surface area contributed by atoms with Crippen LogP contribution in [0.5, 0.6) is 11.5 Å². The van der Waals surface area contributed by atoms with Crippen molar-refractivity contribution in [3.8, 4) is 11.5 Å². The maximum atomic E-state index is 12.7. The number of anilines is 1. The summed E-state index contributed by atoms with van der Waals surface area (Å²) < 4.78 is 11.0.